The van der Waals surface area contributed by atoms with Crippen LogP contribution in [0.4, 0.5) is 5.69 Å². The Labute approximate surface area is 191 Å². The van der Waals surface area contributed by atoms with Crippen LogP contribution in [-0.2, 0) is 26.1 Å². The molecule has 2 aromatic carbocycles. The Balaban J connectivity index is 1.77. The van der Waals surface area contributed by atoms with Gasteiger partial charge in [0.25, 0.3) is 0 Å². The molecule has 0 fully saturated rings. The fourth-order valence-electron chi connectivity index (χ4n) is 3.02. The number of methoxy groups -OCH3 is 1. The number of nitrogens with zero attached hydrogens (tertiary/aromatic N) is 3. The molecule has 0 saturated heterocycles. The molecule has 1 aromatic heterocycles. The van der Waals surface area contributed by atoms with Gasteiger partial charge in [-0.05, 0) is 37.1 Å². The number of nitrogens with two attached hydrogens (primary N) is 1. The van der Waals surface area contributed by atoms with Gasteiger partial charge in [-0.3, -0.25) is 9.36 Å². The van der Waals surface area contributed by atoms with Gasteiger partial charge in [-0.25, -0.2) is 13.6 Å². The molecule has 0 aliphatic heterocycles. The van der Waals surface area contributed by atoms with Crippen LogP contribution in [-0.4, -0.2) is 48.6 Å². The summed E-state index contributed by atoms with van der Waals surface area (Å²) >= 11 is 1.24. The highest BCUT2D eigenvalue weighted by molar-refractivity contribution is 7.99. The number of nitrogens with one attached hydrogen (secondary N) is 1. The average molecular weight is 476 g/mol. The fraction of sp³-hybridized carbons (Fsp3) is 0.286. The van der Waals surface area contributed by atoms with E-state index in [1.165, 1.54) is 23.9 Å². The molecule has 32 heavy (non-hydrogen) atoms. The molecule has 1 heterocycles. The van der Waals surface area contributed by atoms with E-state index in [9.17, 15) is 13.2 Å². The van der Waals surface area contributed by atoms with Crippen LogP contribution in [0.1, 0.15) is 11.1 Å². The van der Waals surface area contributed by atoms with Crippen molar-refractivity contribution in [1.82, 2.24) is 14.8 Å². The number of ether oxygens (including phenoxy) is 1. The van der Waals surface area contributed by atoms with Gasteiger partial charge in [0, 0.05) is 18.4 Å². The van der Waals surface area contributed by atoms with Crippen LogP contribution in [0.3, 0.4) is 0 Å². The fourth-order valence-corrected chi connectivity index (χ4v) is 4.40. The van der Waals surface area contributed by atoms with E-state index in [0.29, 0.717) is 35.4 Å². The minimum atomic E-state index is -3.88. The zero-order chi connectivity index (χ0) is 23.3. The quantitative estimate of drug-likeness (QED) is 0.455. The molecule has 0 atom stereocenters. The lowest BCUT2D eigenvalue weighted by molar-refractivity contribution is -0.113. The van der Waals surface area contributed by atoms with E-state index in [-0.39, 0.29) is 16.6 Å². The number of aromatic nitrogens is 3. The third kappa shape index (κ3) is 5.74. The number of rotatable bonds is 9. The number of anilines is 1. The first-order valence-corrected chi connectivity index (χ1v) is 12.3. The van der Waals surface area contributed by atoms with Crippen LogP contribution in [0.2, 0.25) is 0 Å². The highest BCUT2D eigenvalue weighted by Gasteiger charge is 2.17. The van der Waals surface area contributed by atoms with Crippen LogP contribution >= 0.6 is 11.8 Å². The smallest absolute Gasteiger partial charge is 0.238 e. The number of aryl methyl sites for hydroxylation is 1. The van der Waals surface area contributed by atoms with Crippen molar-refractivity contribution in [2.75, 3.05) is 24.8 Å². The molecule has 9 nitrogen and oxygen atoms in total. The summed E-state index contributed by atoms with van der Waals surface area (Å²) in [6.07, 6.45) is 0. The number of thioether (sulfide) groups is 1. The predicted molar refractivity (Wildman–Crippen MR) is 124 cm³/mol. The van der Waals surface area contributed by atoms with Gasteiger partial charge in [-0.15, -0.1) is 10.2 Å². The van der Waals surface area contributed by atoms with Crippen molar-refractivity contribution < 1.29 is 17.9 Å². The topological polar surface area (TPSA) is 129 Å². The van der Waals surface area contributed by atoms with E-state index in [1.54, 1.807) is 21.0 Å². The van der Waals surface area contributed by atoms with Gasteiger partial charge in [-0.1, -0.05) is 42.1 Å². The highest BCUT2D eigenvalue weighted by Crippen LogP contribution is 2.26. The molecular formula is C21H25N5O4S2. The zero-order valence-electron chi connectivity index (χ0n) is 18.0. The highest BCUT2D eigenvalue weighted by atomic mass is 32.2. The van der Waals surface area contributed by atoms with Gasteiger partial charge in [0.2, 0.25) is 15.9 Å². The van der Waals surface area contributed by atoms with Crippen molar-refractivity contribution in [3.63, 3.8) is 0 Å². The summed E-state index contributed by atoms with van der Waals surface area (Å²) in [6.45, 7) is 4.57. The number of benzene rings is 2. The summed E-state index contributed by atoms with van der Waals surface area (Å²) in [5.41, 5.74) is 2.81. The molecule has 1 amide bonds. The first-order valence-electron chi connectivity index (χ1n) is 9.75. The Hall–Kier alpha value is -2.73. The molecule has 0 unspecified atom stereocenters. The third-order valence-corrected chi connectivity index (χ3v) is 6.70. The molecule has 170 valence electrons. The minimum Gasteiger partial charge on any atom is -0.383 e. The molecule has 0 aliphatic rings. The van der Waals surface area contributed by atoms with Gasteiger partial charge in [0.05, 0.1) is 23.8 Å². The number of hydrogen-bond donors (Lipinski definition) is 2. The lowest BCUT2D eigenvalue weighted by Crippen LogP contribution is -2.18. The normalized spacial score (nSPS) is 11.5. The van der Waals surface area contributed by atoms with Crippen molar-refractivity contribution >= 4 is 33.4 Å². The Bertz CT molecular complexity index is 1210. The van der Waals surface area contributed by atoms with Crippen LogP contribution in [0, 0.1) is 13.8 Å². The Morgan fingerprint density at radius 1 is 1.19 bits per heavy atom. The van der Waals surface area contributed by atoms with Crippen LogP contribution in [0.15, 0.2) is 52.5 Å². The molecule has 0 saturated carbocycles. The van der Waals surface area contributed by atoms with Crippen LogP contribution < -0.4 is 10.5 Å². The average Bonchev–Trinajstić information content (AvgIpc) is 3.16. The molecule has 0 spiro atoms. The number of amides is 1. The molecule has 0 radical (unpaired) electrons. The SMILES string of the molecule is COCCn1c(SCC(=O)Nc2cc(S(N)(=O)=O)cc(C)c2C)nnc1-c1ccccc1. The van der Waals surface area contributed by atoms with Crippen molar-refractivity contribution in [3.8, 4) is 11.4 Å². The second-order valence-electron chi connectivity index (χ2n) is 7.11. The van der Waals surface area contributed by atoms with Gasteiger partial charge < -0.3 is 10.1 Å². The number of primary sulfonamides is 1. The molecule has 3 aromatic rings. The van der Waals surface area contributed by atoms with E-state index in [4.69, 9.17) is 9.88 Å². The van der Waals surface area contributed by atoms with Gasteiger partial charge in [-0.2, -0.15) is 0 Å². The summed E-state index contributed by atoms with van der Waals surface area (Å²) in [5, 5.41) is 17.1. The predicted octanol–water partition coefficient (Wildman–Crippen LogP) is 2.59. The molecule has 0 bridgehead atoms. The first kappa shape index (κ1) is 23.9. The molecule has 0 aliphatic carbocycles. The van der Waals surface area contributed by atoms with Crippen molar-refractivity contribution in [2.24, 2.45) is 5.14 Å². The summed E-state index contributed by atoms with van der Waals surface area (Å²) in [4.78, 5) is 12.6. The lowest BCUT2D eigenvalue weighted by atomic mass is 10.1. The van der Waals surface area contributed by atoms with Gasteiger partial charge in [0.1, 0.15) is 0 Å². The minimum absolute atomic E-state index is 0.0460. The van der Waals surface area contributed by atoms with Crippen LogP contribution in [0.25, 0.3) is 11.4 Å². The summed E-state index contributed by atoms with van der Waals surface area (Å²) in [5.74, 6) is 0.461. The zero-order valence-corrected chi connectivity index (χ0v) is 19.7. The maximum Gasteiger partial charge on any atom is 0.238 e. The number of carbonyl (C=O) groups excluding carboxylic acids is 1. The lowest BCUT2D eigenvalue weighted by Gasteiger charge is -2.13. The Kier molecular flexibility index (Phi) is 7.67. The van der Waals surface area contributed by atoms with Gasteiger partial charge in [0.15, 0.2) is 11.0 Å². The van der Waals surface area contributed by atoms with E-state index < -0.39 is 10.0 Å². The number of carbonyl (C=O) groups is 1. The third-order valence-electron chi connectivity index (χ3n) is 4.84. The van der Waals surface area contributed by atoms with E-state index in [1.807, 2.05) is 34.9 Å². The molecular weight excluding hydrogens is 450 g/mol. The Morgan fingerprint density at radius 3 is 2.56 bits per heavy atom. The van der Waals surface area contributed by atoms with Crippen LogP contribution in [0.5, 0.6) is 0 Å². The van der Waals surface area contributed by atoms with E-state index >= 15 is 0 Å². The second kappa shape index (κ2) is 10.3. The number of hydrogen-bond acceptors (Lipinski definition) is 7. The maximum absolute atomic E-state index is 12.6. The van der Waals surface area contributed by atoms with Crippen molar-refractivity contribution in [2.45, 2.75) is 30.4 Å². The van der Waals surface area contributed by atoms with E-state index in [2.05, 4.69) is 15.5 Å². The van der Waals surface area contributed by atoms with E-state index in [0.717, 1.165) is 11.1 Å². The largest absolute Gasteiger partial charge is 0.383 e. The second-order valence-corrected chi connectivity index (χ2v) is 9.62. The molecule has 11 heteroatoms. The van der Waals surface area contributed by atoms with Crippen molar-refractivity contribution in [3.05, 3.63) is 53.6 Å². The maximum atomic E-state index is 12.6. The first-order chi connectivity index (χ1) is 15.2. The summed E-state index contributed by atoms with van der Waals surface area (Å²) in [7, 11) is -2.27. The Morgan fingerprint density at radius 2 is 1.91 bits per heavy atom. The van der Waals surface area contributed by atoms with Gasteiger partial charge >= 0.3 is 0 Å². The standard InChI is InChI=1S/C21H25N5O4S2/c1-14-11-17(32(22,28)29)12-18(15(14)2)23-19(27)13-31-21-25-24-20(26(21)9-10-30-3)16-7-5-4-6-8-16/h4-8,11-12H,9-10,13H2,1-3H3,(H,23,27)(H2,22,28,29). The summed E-state index contributed by atoms with van der Waals surface area (Å²) in [6, 6.07) is 12.5. The summed E-state index contributed by atoms with van der Waals surface area (Å²) < 4.78 is 30.6. The molecule has 3 N–H and O–H groups in total. The monoisotopic (exact) mass is 475 g/mol. The van der Waals surface area contributed by atoms with Crippen molar-refractivity contribution in [1.29, 1.82) is 0 Å². The molecule has 3 rings (SSSR count). The number of sulfonamides is 1.